The van der Waals surface area contributed by atoms with Crippen LogP contribution in [0.25, 0.3) is 0 Å². The van der Waals surface area contributed by atoms with Gasteiger partial charge in [0.15, 0.2) is 0 Å². The first-order valence-corrected chi connectivity index (χ1v) is 5.89. The lowest BCUT2D eigenvalue weighted by Gasteiger charge is -2.17. The topological polar surface area (TPSA) is 32.3 Å². The molecule has 1 N–H and O–H groups in total. The standard InChI is InChI=1S/C12H17FN2OS/c1-14-6-3-7-15(2)12(16)9-4-5-10(13)11(17)8-9/h4-5,8,14,17H,3,6-7H2,1-2H3. The zero-order chi connectivity index (χ0) is 12.8. The summed E-state index contributed by atoms with van der Waals surface area (Å²) < 4.78 is 13.0. The molecule has 0 aliphatic rings. The number of rotatable bonds is 5. The highest BCUT2D eigenvalue weighted by Gasteiger charge is 2.12. The van der Waals surface area contributed by atoms with Crippen LogP contribution in [0.1, 0.15) is 16.8 Å². The fourth-order valence-corrected chi connectivity index (χ4v) is 1.67. The minimum absolute atomic E-state index is 0.114. The molecule has 0 spiro atoms. The molecule has 3 nitrogen and oxygen atoms in total. The molecule has 0 radical (unpaired) electrons. The van der Waals surface area contributed by atoms with E-state index in [4.69, 9.17) is 0 Å². The third-order valence-corrected chi connectivity index (χ3v) is 2.80. The molecule has 0 aromatic heterocycles. The fourth-order valence-electron chi connectivity index (χ4n) is 1.46. The van der Waals surface area contributed by atoms with E-state index in [1.807, 2.05) is 7.05 Å². The number of amides is 1. The number of hydrogen-bond donors (Lipinski definition) is 2. The van der Waals surface area contributed by atoms with Crippen LogP contribution in [0.2, 0.25) is 0 Å². The molecule has 0 unspecified atom stereocenters. The molecule has 1 amide bonds. The molecule has 0 fully saturated rings. The van der Waals surface area contributed by atoms with E-state index >= 15 is 0 Å². The zero-order valence-electron chi connectivity index (χ0n) is 10.0. The monoisotopic (exact) mass is 256 g/mol. The van der Waals surface area contributed by atoms with Crippen LogP contribution < -0.4 is 5.32 Å². The Labute approximate surface area is 106 Å². The Morgan fingerprint density at radius 1 is 1.53 bits per heavy atom. The Hall–Kier alpha value is -1.07. The van der Waals surface area contributed by atoms with E-state index in [1.54, 1.807) is 11.9 Å². The number of carbonyl (C=O) groups excluding carboxylic acids is 1. The van der Waals surface area contributed by atoms with Gasteiger partial charge in [-0.15, -0.1) is 12.6 Å². The number of thiol groups is 1. The molecule has 17 heavy (non-hydrogen) atoms. The van der Waals surface area contributed by atoms with Crippen LogP contribution in [-0.2, 0) is 0 Å². The summed E-state index contributed by atoms with van der Waals surface area (Å²) in [5, 5.41) is 3.02. The van der Waals surface area contributed by atoms with Gasteiger partial charge in [0.05, 0.1) is 0 Å². The van der Waals surface area contributed by atoms with Gasteiger partial charge < -0.3 is 10.2 Å². The van der Waals surface area contributed by atoms with Crippen LogP contribution >= 0.6 is 12.6 Å². The molecule has 0 aliphatic carbocycles. The zero-order valence-corrected chi connectivity index (χ0v) is 10.9. The predicted octanol–water partition coefficient (Wildman–Crippen LogP) is 1.80. The van der Waals surface area contributed by atoms with Crippen molar-refractivity contribution in [3.63, 3.8) is 0 Å². The third-order valence-electron chi connectivity index (χ3n) is 2.46. The number of carbonyl (C=O) groups is 1. The van der Waals surface area contributed by atoms with Crippen molar-refractivity contribution in [2.75, 3.05) is 27.2 Å². The first kappa shape index (κ1) is 14.0. The molecule has 94 valence electrons. The van der Waals surface area contributed by atoms with Crippen molar-refractivity contribution >= 4 is 18.5 Å². The maximum Gasteiger partial charge on any atom is 0.253 e. The molecule has 0 atom stereocenters. The van der Waals surface area contributed by atoms with Gasteiger partial charge in [0.1, 0.15) is 5.82 Å². The van der Waals surface area contributed by atoms with Gasteiger partial charge in [0, 0.05) is 24.1 Å². The summed E-state index contributed by atoms with van der Waals surface area (Å²) in [6.07, 6.45) is 0.883. The number of benzene rings is 1. The number of hydrogen-bond acceptors (Lipinski definition) is 3. The van der Waals surface area contributed by atoms with Crippen molar-refractivity contribution < 1.29 is 9.18 Å². The molecule has 0 saturated heterocycles. The predicted molar refractivity (Wildman–Crippen MR) is 69.2 cm³/mol. The van der Waals surface area contributed by atoms with Gasteiger partial charge in [-0.3, -0.25) is 4.79 Å². The summed E-state index contributed by atoms with van der Waals surface area (Å²) in [6.45, 7) is 1.53. The van der Waals surface area contributed by atoms with Crippen LogP contribution in [0.3, 0.4) is 0 Å². The van der Waals surface area contributed by atoms with Crippen molar-refractivity contribution in [2.45, 2.75) is 11.3 Å². The van der Waals surface area contributed by atoms with Gasteiger partial charge in [-0.1, -0.05) is 0 Å². The molecule has 0 saturated carbocycles. The maximum atomic E-state index is 13.0. The fraction of sp³-hybridized carbons (Fsp3) is 0.417. The lowest BCUT2D eigenvalue weighted by atomic mass is 10.2. The Morgan fingerprint density at radius 3 is 2.82 bits per heavy atom. The second-order valence-corrected chi connectivity index (χ2v) is 4.33. The third kappa shape index (κ3) is 4.02. The first-order valence-electron chi connectivity index (χ1n) is 5.45. The van der Waals surface area contributed by atoms with E-state index in [-0.39, 0.29) is 10.8 Å². The van der Waals surface area contributed by atoms with Gasteiger partial charge in [0.25, 0.3) is 5.91 Å². The molecule has 1 rings (SSSR count). The van der Waals surface area contributed by atoms with E-state index in [0.717, 1.165) is 13.0 Å². The molecule has 5 heteroatoms. The minimum Gasteiger partial charge on any atom is -0.342 e. The summed E-state index contributed by atoms with van der Waals surface area (Å²) in [7, 11) is 3.61. The summed E-state index contributed by atoms with van der Waals surface area (Å²) >= 11 is 3.96. The van der Waals surface area contributed by atoms with E-state index in [2.05, 4.69) is 17.9 Å². The van der Waals surface area contributed by atoms with Gasteiger partial charge in [0.2, 0.25) is 0 Å². The highest BCUT2D eigenvalue weighted by molar-refractivity contribution is 7.80. The molecular weight excluding hydrogens is 239 g/mol. The van der Waals surface area contributed by atoms with E-state index in [9.17, 15) is 9.18 Å². The Kier molecular flexibility index (Phi) is 5.44. The van der Waals surface area contributed by atoms with Crippen LogP contribution in [0.15, 0.2) is 23.1 Å². The molecule has 1 aromatic carbocycles. The Balaban J connectivity index is 2.65. The van der Waals surface area contributed by atoms with E-state index in [0.29, 0.717) is 12.1 Å². The number of nitrogens with one attached hydrogen (secondary N) is 1. The highest BCUT2D eigenvalue weighted by Crippen LogP contribution is 2.15. The van der Waals surface area contributed by atoms with Gasteiger partial charge >= 0.3 is 0 Å². The van der Waals surface area contributed by atoms with Crippen molar-refractivity contribution in [2.24, 2.45) is 0 Å². The lowest BCUT2D eigenvalue weighted by molar-refractivity contribution is 0.0793. The SMILES string of the molecule is CNCCCN(C)C(=O)c1ccc(F)c(S)c1. The smallest absolute Gasteiger partial charge is 0.253 e. The molecule has 0 heterocycles. The van der Waals surface area contributed by atoms with Crippen LogP contribution in [0, 0.1) is 5.82 Å². The second kappa shape index (κ2) is 6.61. The summed E-state index contributed by atoms with van der Waals surface area (Å²) in [4.78, 5) is 13.8. The Bertz CT molecular complexity index is 398. The van der Waals surface area contributed by atoms with Crippen molar-refractivity contribution in [1.29, 1.82) is 0 Å². The van der Waals surface area contributed by atoms with Crippen molar-refractivity contribution in [1.82, 2.24) is 10.2 Å². The maximum absolute atomic E-state index is 13.0. The molecule has 1 aromatic rings. The average molecular weight is 256 g/mol. The summed E-state index contributed by atoms with van der Waals surface area (Å²) in [6, 6.07) is 4.19. The minimum atomic E-state index is -0.414. The molecular formula is C12H17FN2OS. The van der Waals surface area contributed by atoms with Crippen molar-refractivity contribution in [3.05, 3.63) is 29.6 Å². The second-order valence-electron chi connectivity index (χ2n) is 3.85. The first-order chi connectivity index (χ1) is 8.06. The van der Waals surface area contributed by atoms with E-state index < -0.39 is 5.82 Å². The van der Waals surface area contributed by atoms with Gasteiger partial charge in [-0.25, -0.2) is 4.39 Å². The lowest BCUT2D eigenvalue weighted by Crippen LogP contribution is -2.29. The van der Waals surface area contributed by atoms with Crippen LogP contribution in [-0.4, -0.2) is 38.0 Å². The van der Waals surface area contributed by atoms with Crippen molar-refractivity contribution in [3.8, 4) is 0 Å². The number of halogens is 1. The number of nitrogens with zero attached hydrogens (tertiary/aromatic N) is 1. The quantitative estimate of drug-likeness (QED) is 0.622. The van der Waals surface area contributed by atoms with E-state index in [1.165, 1.54) is 18.2 Å². The van der Waals surface area contributed by atoms with Gasteiger partial charge in [-0.2, -0.15) is 0 Å². The highest BCUT2D eigenvalue weighted by atomic mass is 32.1. The Morgan fingerprint density at radius 2 is 2.24 bits per heavy atom. The summed E-state index contributed by atoms with van der Waals surface area (Å²) in [5.41, 5.74) is 0.461. The average Bonchev–Trinajstić information content (AvgIpc) is 2.32. The normalized spacial score (nSPS) is 10.4. The van der Waals surface area contributed by atoms with Crippen LogP contribution in [0.4, 0.5) is 4.39 Å². The molecule has 0 bridgehead atoms. The molecule has 0 aliphatic heterocycles. The van der Waals surface area contributed by atoms with Gasteiger partial charge in [-0.05, 0) is 38.2 Å². The summed E-state index contributed by atoms with van der Waals surface area (Å²) in [5.74, 6) is -0.529. The van der Waals surface area contributed by atoms with Crippen LogP contribution in [0.5, 0.6) is 0 Å². The largest absolute Gasteiger partial charge is 0.342 e.